The molecule has 35 heavy (non-hydrogen) atoms. The van der Waals surface area contributed by atoms with Crippen LogP contribution in [0.3, 0.4) is 0 Å². The second-order valence-corrected chi connectivity index (χ2v) is 9.34. The molecule has 2 aromatic rings. The molecule has 1 saturated carbocycles. The van der Waals surface area contributed by atoms with E-state index < -0.39 is 12.1 Å². The fourth-order valence-electron chi connectivity index (χ4n) is 5.39. The van der Waals surface area contributed by atoms with Crippen LogP contribution in [-0.2, 0) is 14.3 Å². The molecule has 2 aliphatic rings. The summed E-state index contributed by atoms with van der Waals surface area (Å²) in [6.07, 6.45) is 4.21. The Morgan fingerprint density at radius 3 is 2.34 bits per heavy atom. The lowest BCUT2D eigenvalue weighted by Gasteiger charge is -2.31. The molecule has 2 aliphatic carbocycles. The van der Waals surface area contributed by atoms with Crippen LogP contribution in [0, 0.1) is 11.8 Å². The van der Waals surface area contributed by atoms with E-state index in [1.54, 1.807) is 6.08 Å². The minimum atomic E-state index is -1.04. The van der Waals surface area contributed by atoms with Crippen molar-refractivity contribution in [1.82, 2.24) is 10.2 Å². The van der Waals surface area contributed by atoms with Gasteiger partial charge in [-0.2, -0.15) is 0 Å². The van der Waals surface area contributed by atoms with Crippen LogP contribution in [0.15, 0.2) is 61.2 Å². The van der Waals surface area contributed by atoms with Crippen molar-refractivity contribution in [3.8, 4) is 11.1 Å². The van der Waals surface area contributed by atoms with Gasteiger partial charge in [-0.05, 0) is 47.4 Å². The summed E-state index contributed by atoms with van der Waals surface area (Å²) in [5.41, 5.74) is 4.70. The van der Waals surface area contributed by atoms with Crippen LogP contribution in [0.1, 0.15) is 42.7 Å². The molecule has 2 atom stereocenters. The summed E-state index contributed by atoms with van der Waals surface area (Å²) in [7, 11) is 0. The van der Waals surface area contributed by atoms with Gasteiger partial charge >= 0.3 is 12.1 Å². The van der Waals surface area contributed by atoms with E-state index in [-0.39, 0.29) is 43.4 Å². The fourth-order valence-corrected chi connectivity index (χ4v) is 5.39. The molecule has 0 aliphatic heterocycles. The van der Waals surface area contributed by atoms with E-state index in [9.17, 15) is 14.4 Å². The highest BCUT2D eigenvalue weighted by molar-refractivity contribution is 5.83. The molecule has 2 amide bonds. The number of hydrogen-bond donors (Lipinski definition) is 2. The van der Waals surface area contributed by atoms with Crippen molar-refractivity contribution in [3.05, 3.63) is 72.3 Å². The first-order valence-corrected chi connectivity index (χ1v) is 12.2. The topological polar surface area (TPSA) is 95.9 Å². The predicted octanol–water partition coefficient (Wildman–Crippen LogP) is 4.43. The number of carboxylic acid groups (broad SMARTS) is 1. The Labute approximate surface area is 205 Å². The molecule has 0 bridgehead atoms. The third-order valence-corrected chi connectivity index (χ3v) is 7.00. The third kappa shape index (κ3) is 5.73. The number of ether oxygens (including phenoxy) is 1. The van der Waals surface area contributed by atoms with E-state index in [0.717, 1.165) is 19.3 Å². The summed E-state index contributed by atoms with van der Waals surface area (Å²) in [6.45, 7) is 4.20. The smallest absolute Gasteiger partial charge is 0.407 e. The van der Waals surface area contributed by atoms with Gasteiger partial charge in [-0.15, -0.1) is 6.58 Å². The number of nitrogens with one attached hydrogen (secondary N) is 1. The minimum absolute atomic E-state index is 0.00918. The Kier molecular flexibility index (Phi) is 7.85. The maximum atomic E-state index is 12.9. The molecular formula is C28H32N2O5. The molecule has 0 aromatic heterocycles. The largest absolute Gasteiger partial charge is 0.480 e. The zero-order valence-corrected chi connectivity index (χ0v) is 19.8. The Morgan fingerprint density at radius 1 is 1.06 bits per heavy atom. The van der Waals surface area contributed by atoms with Crippen LogP contribution in [-0.4, -0.2) is 54.2 Å². The Morgan fingerprint density at radius 2 is 1.71 bits per heavy atom. The molecule has 7 heteroatoms. The van der Waals surface area contributed by atoms with Gasteiger partial charge in [0.2, 0.25) is 5.91 Å². The van der Waals surface area contributed by atoms with Gasteiger partial charge in [0.1, 0.15) is 13.2 Å². The minimum Gasteiger partial charge on any atom is -0.480 e. The van der Waals surface area contributed by atoms with Gasteiger partial charge in [-0.3, -0.25) is 9.59 Å². The van der Waals surface area contributed by atoms with Gasteiger partial charge < -0.3 is 20.1 Å². The number of hydrogen-bond acceptors (Lipinski definition) is 4. The van der Waals surface area contributed by atoms with Gasteiger partial charge in [0.15, 0.2) is 0 Å². The lowest BCUT2D eigenvalue weighted by atomic mass is 9.80. The highest BCUT2D eigenvalue weighted by Gasteiger charge is 2.32. The van der Waals surface area contributed by atoms with E-state index in [0.29, 0.717) is 13.0 Å². The first-order chi connectivity index (χ1) is 17.0. The van der Waals surface area contributed by atoms with Crippen molar-refractivity contribution in [2.24, 2.45) is 11.8 Å². The van der Waals surface area contributed by atoms with Crippen LogP contribution >= 0.6 is 0 Å². The van der Waals surface area contributed by atoms with E-state index in [1.807, 2.05) is 24.3 Å². The lowest BCUT2D eigenvalue weighted by molar-refractivity contribution is -0.146. The number of fused-ring (bicyclic) bond motifs is 3. The quantitative estimate of drug-likeness (QED) is 0.522. The normalized spacial score (nSPS) is 18.7. The molecule has 2 unspecified atom stereocenters. The molecule has 0 heterocycles. The Hall–Kier alpha value is -3.61. The third-order valence-electron chi connectivity index (χ3n) is 7.00. The summed E-state index contributed by atoms with van der Waals surface area (Å²) in [5, 5.41) is 12.0. The van der Waals surface area contributed by atoms with E-state index in [4.69, 9.17) is 9.84 Å². The van der Waals surface area contributed by atoms with E-state index in [2.05, 4.69) is 36.2 Å². The maximum Gasteiger partial charge on any atom is 0.407 e. The average Bonchev–Trinajstić information content (AvgIpc) is 3.19. The number of carboxylic acids is 1. The monoisotopic (exact) mass is 476 g/mol. The second-order valence-electron chi connectivity index (χ2n) is 9.34. The van der Waals surface area contributed by atoms with Crippen LogP contribution in [0.5, 0.6) is 0 Å². The predicted molar refractivity (Wildman–Crippen MR) is 133 cm³/mol. The van der Waals surface area contributed by atoms with Crippen molar-refractivity contribution in [2.75, 3.05) is 26.2 Å². The number of alkyl carbamates (subject to hydrolysis) is 1. The number of amides is 2. The maximum absolute atomic E-state index is 12.9. The lowest BCUT2D eigenvalue weighted by Crippen LogP contribution is -2.42. The zero-order chi connectivity index (χ0) is 24.8. The molecule has 0 spiro atoms. The van der Waals surface area contributed by atoms with E-state index >= 15 is 0 Å². The SMILES string of the molecule is C=CCN(CC(=O)O)C(=O)C1CCCC(CNC(=O)OCC2c3ccccc3-c3ccccc32)C1. The molecule has 2 aromatic carbocycles. The molecule has 7 nitrogen and oxygen atoms in total. The summed E-state index contributed by atoms with van der Waals surface area (Å²) in [6, 6.07) is 16.4. The van der Waals surface area contributed by atoms with Gasteiger partial charge in [0.25, 0.3) is 0 Å². The summed E-state index contributed by atoms with van der Waals surface area (Å²) < 4.78 is 5.62. The zero-order valence-electron chi connectivity index (χ0n) is 19.8. The molecule has 184 valence electrons. The molecule has 0 saturated heterocycles. The van der Waals surface area contributed by atoms with Crippen molar-refractivity contribution in [1.29, 1.82) is 0 Å². The van der Waals surface area contributed by atoms with Crippen molar-refractivity contribution in [3.63, 3.8) is 0 Å². The summed E-state index contributed by atoms with van der Waals surface area (Å²) in [4.78, 5) is 37.8. The number of rotatable bonds is 9. The molecule has 4 rings (SSSR count). The Bertz CT molecular complexity index is 1050. The van der Waals surface area contributed by atoms with Crippen LogP contribution in [0.4, 0.5) is 4.79 Å². The molecular weight excluding hydrogens is 444 g/mol. The summed E-state index contributed by atoms with van der Waals surface area (Å²) >= 11 is 0. The number of carbonyl (C=O) groups excluding carboxylic acids is 2. The fraction of sp³-hybridized carbons (Fsp3) is 0.393. The Balaban J connectivity index is 1.29. The molecule has 0 radical (unpaired) electrons. The first kappa shape index (κ1) is 24.5. The van der Waals surface area contributed by atoms with Gasteiger partial charge in [0.05, 0.1) is 0 Å². The number of benzene rings is 2. The molecule has 1 fully saturated rings. The van der Waals surface area contributed by atoms with Gasteiger partial charge in [-0.1, -0.05) is 61.0 Å². The standard InChI is InChI=1S/C28H32N2O5/c1-2-14-30(17-26(31)32)27(33)20-9-7-8-19(15-20)16-29-28(34)35-18-25-23-12-5-3-10-21(23)22-11-4-6-13-24(22)25/h2-6,10-13,19-20,25H,1,7-9,14-18H2,(H,29,34)(H,31,32). The van der Waals surface area contributed by atoms with Crippen molar-refractivity contribution < 1.29 is 24.2 Å². The van der Waals surface area contributed by atoms with Crippen molar-refractivity contribution in [2.45, 2.75) is 31.6 Å². The number of carbonyl (C=O) groups is 3. The van der Waals surface area contributed by atoms with Gasteiger partial charge in [0, 0.05) is 24.9 Å². The van der Waals surface area contributed by atoms with Crippen LogP contribution < -0.4 is 5.32 Å². The van der Waals surface area contributed by atoms with Crippen molar-refractivity contribution >= 4 is 18.0 Å². The second kappa shape index (κ2) is 11.2. The van der Waals surface area contributed by atoms with Gasteiger partial charge in [-0.25, -0.2) is 4.79 Å². The number of nitrogens with zero attached hydrogens (tertiary/aromatic N) is 1. The highest BCUT2D eigenvalue weighted by atomic mass is 16.5. The first-order valence-electron chi connectivity index (χ1n) is 12.2. The molecule has 2 N–H and O–H groups in total. The van der Waals surface area contributed by atoms with Crippen LogP contribution in [0.2, 0.25) is 0 Å². The van der Waals surface area contributed by atoms with Crippen LogP contribution in [0.25, 0.3) is 11.1 Å². The number of aliphatic carboxylic acids is 1. The van der Waals surface area contributed by atoms with E-state index in [1.165, 1.54) is 27.2 Å². The summed E-state index contributed by atoms with van der Waals surface area (Å²) in [5.74, 6) is -1.27. The average molecular weight is 477 g/mol. The highest BCUT2D eigenvalue weighted by Crippen LogP contribution is 2.44.